The number of hydrogen-bond acceptors (Lipinski definition) is 4. The third kappa shape index (κ3) is 3.47. The highest BCUT2D eigenvalue weighted by Crippen LogP contribution is 2.32. The second-order valence-electron chi connectivity index (χ2n) is 6.95. The van der Waals surface area contributed by atoms with Crippen LogP contribution in [0, 0.1) is 13.8 Å². The average Bonchev–Trinajstić information content (AvgIpc) is 3.19. The lowest BCUT2D eigenvalue weighted by Crippen LogP contribution is -2.28. The zero-order valence-electron chi connectivity index (χ0n) is 15.4. The molecule has 0 unspecified atom stereocenters. The van der Waals surface area contributed by atoms with Gasteiger partial charge in [-0.25, -0.2) is 9.97 Å². The molecule has 1 N–H and O–H groups in total. The molecule has 1 amide bonds. The Morgan fingerprint density at radius 2 is 1.93 bits per heavy atom. The first-order valence-electron chi connectivity index (χ1n) is 9.12. The number of anilines is 2. The summed E-state index contributed by atoms with van der Waals surface area (Å²) in [5.74, 6) is 0.00431. The van der Waals surface area contributed by atoms with E-state index in [1.165, 1.54) is 0 Å². The predicted octanol–water partition coefficient (Wildman–Crippen LogP) is 4.88. The normalized spacial score (nSPS) is 14.0. The quantitative estimate of drug-likeness (QED) is 0.703. The van der Waals surface area contributed by atoms with Crippen LogP contribution in [0.5, 0.6) is 0 Å². The molecule has 6 heteroatoms. The molecule has 0 radical (unpaired) electrons. The molecule has 0 bridgehead atoms. The van der Waals surface area contributed by atoms with Gasteiger partial charge < -0.3 is 10.2 Å². The molecule has 0 spiro atoms. The SMILES string of the molecule is Cc1ccc2c(Nc3cc(Cl)ccc3C)c(C(=O)N3CCCC3)cnc2n1. The molecule has 27 heavy (non-hydrogen) atoms. The molecule has 5 nitrogen and oxygen atoms in total. The van der Waals surface area contributed by atoms with Gasteiger partial charge in [-0.2, -0.15) is 0 Å². The van der Waals surface area contributed by atoms with Gasteiger partial charge >= 0.3 is 0 Å². The summed E-state index contributed by atoms with van der Waals surface area (Å²) < 4.78 is 0. The molecular weight excluding hydrogens is 360 g/mol. The number of halogens is 1. The van der Waals surface area contributed by atoms with Gasteiger partial charge in [-0.1, -0.05) is 17.7 Å². The highest BCUT2D eigenvalue weighted by Gasteiger charge is 2.24. The van der Waals surface area contributed by atoms with Crippen molar-refractivity contribution in [1.29, 1.82) is 0 Å². The number of carbonyl (C=O) groups excluding carboxylic acids is 1. The second kappa shape index (κ2) is 7.16. The zero-order chi connectivity index (χ0) is 19.0. The highest BCUT2D eigenvalue weighted by molar-refractivity contribution is 6.31. The van der Waals surface area contributed by atoms with Crippen molar-refractivity contribution < 1.29 is 4.79 Å². The van der Waals surface area contributed by atoms with Gasteiger partial charge in [0.25, 0.3) is 5.91 Å². The number of carbonyl (C=O) groups is 1. The monoisotopic (exact) mass is 380 g/mol. The second-order valence-corrected chi connectivity index (χ2v) is 7.39. The number of benzene rings is 1. The van der Waals surface area contributed by atoms with Crippen LogP contribution in [0.4, 0.5) is 11.4 Å². The number of amides is 1. The standard InChI is InChI=1S/C21H21ClN4O/c1-13-5-7-15(22)11-18(13)25-19-16-8-6-14(2)24-20(16)23-12-17(19)21(27)26-9-3-4-10-26/h5-8,11-12H,3-4,9-10H2,1-2H3,(H,23,24,25). The number of nitrogens with one attached hydrogen (secondary N) is 1. The minimum Gasteiger partial charge on any atom is -0.354 e. The summed E-state index contributed by atoms with van der Waals surface area (Å²) in [6.45, 7) is 5.52. The lowest BCUT2D eigenvalue weighted by molar-refractivity contribution is 0.0793. The summed E-state index contributed by atoms with van der Waals surface area (Å²) in [5.41, 5.74) is 4.72. The maximum Gasteiger partial charge on any atom is 0.257 e. The summed E-state index contributed by atoms with van der Waals surface area (Å²) >= 11 is 6.19. The van der Waals surface area contributed by atoms with E-state index in [-0.39, 0.29) is 5.91 Å². The first-order valence-corrected chi connectivity index (χ1v) is 9.49. The van der Waals surface area contributed by atoms with Gasteiger partial charge in [-0.15, -0.1) is 0 Å². The van der Waals surface area contributed by atoms with Crippen LogP contribution in [0.15, 0.2) is 36.5 Å². The van der Waals surface area contributed by atoms with Gasteiger partial charge in [0.2, 0.25) is 0 Å². The fourth-order valence-corrected chi connectivity index (χ4v) is 3.59. The molecule has 3 aromatic rings. The van der Waals surface area contributed by atoms with E-state index >= 15 is 0 Å². The topological polar surface area (TPSA) is 58.1 Å². The van der Waals surface area contributed by atoms with Crippen LogP contribution in [0.3, 0.4) is 0 Å². The molecule has 0 saturated carbocycles. The van der Waals surface area contributed by atoms with Crippen molar-refractivity contribution in [3.05, 3.63) is 58.4 Å². The molecule has 1 fully saturated rings. The van der Waals surface area contributed by atoms with Gasteiger partial charge in [-0.3, -0.25) is 4.79 Å². The van der Waals surface area contributed by atoms with E-state index in [0.717, 1.165) is 53.9 Å². The first kappa shape index (κ1) is 17.7. The average molecular weight is 381 g/mol. The van der Waals surface area contributed by atoms with Crippen molar-refractivity contribution in [2.45, 2.75) is 26.7 Å². The molecule has 4 rings (SSSR count). The summed E-state index contributed by atoms with van der Waals surface area (Å²) in [6, 6.07) is 9.58. The Morgan fingerprint density at radius 3 is 2.70 bits per heavy atom. The van der Waals surface area contributed by atoms with Gasteiger partial charge in [0.15, 0.2) is 5.65 Å². The Kier molecular flexibility index (Phi) is 4.70. The molecule has 0 aliphatic carbocycles. The number of fused-ring (bicyclic) bond motifs is 1. The van der Waals surface area contributed by atoms with Gasteiger partial charge in [0.1, 0.15) is 0 Å². The minimum absolute atomic E-state index is 0.00431. The Balaban J connectivity index is 1.87. The number of nitrogens with zero attached hydrogens (tertiary/aromatic N) is 3. The van der Waals surface area contributed by atoms with Crippen molar-refractivity contribution in [1.82, 2.24) is 14.9 Å². The number of pyridine rings is 2. The Hall–Kier alpha value is -2.66. The Labute approximate surface area is 163 Å². The van der Waals surface area contributed by atoms with E-state index in [9.17, 15) is 4.79 Å². The molecular formula is C21H21ClN4O. The molecule has 138 valence electrons. The van der Waals surface area contributed by atoms with Crippen LogP contribution in [-0.2, 0) is 0 Å². The van der Waals surface area contributed by atoms with Crippen LogP contribution >= 0.6 is 11.6 Å². The fraction of sp³-hybridized carbons (Fsp3) is 0.286. The van der Waals surface area contributed by atoms with Crippen molar-refractivity contribution in [2.24, 2.45) is 0 Å². The van der Waals surface area contributed by atoms with Crippen molar-refractivity contribution in [3.8, 4) is 0 Å². The molecule has 1 saturated heterocycles. The van der Waals surface area contributed by atoms with Crippen molar-refractivity contribution in [2.75, 3.05) is 18.4 Å². The van der Waals surface area contributed by atoms with Gasteiger partial charge in [0, 0.05) is 41.1 Å². The zero-order valence-corrected chi connectivity index (χ0v) is 16.2. The number of aryl methyl sites for hydroxylation is 2. The van der Waals surface area contributed by atoms with E-state index in [1.54, 1.807) is 6.20 Å². The van der Waals surface area contributed by atoms with E-state index in [2.05, 4.69) is 15.3 Å². The Bertz CT molecular complexity index is 1030. The highest BCUT2D eigenvalue weighted by atomic mass is 35.5. The van der Waals surface area contributed by atoms with Crippen LogP contribution < -0.4 is 5.32 Å². The largest absolute Gasteiger partial charge is 0.354 e. The molecule has 3 heterocycles. The van der Waals surface area contributed by atoms with Gasteiger partial charge in [0.05, 0.1) is 11.3 Å². The smallest absolute Gasteiger partial charge is 0.257 e. The third-order valence-electron chi connectivity index (χ3n) is 4.95. The van der Waals surface area contributed by atoms with E-state index < -0.39 is 0 Å². The molecule has 1 aromatic carbocycles. The van der Waals surface area contributed by atoms with E-state index in [0.29, 0.717) is 16.2 Å². The molecule has 1 aliphatic rings. The lowest BCUT2D eigenvalue weighted by atomic mass is 10.1. The maximum atomic E-state index is 13.1. The minimum atomic E-state index is 0.00431. The number of hydrogen-bond donors (Lipinski definition) is 1. The number of likely N-dealkylation sites (tertiary alicyclic amines) is 1. The number of rotatable bonds is 3. The summed E-state index contributed by atoms with van der Waals surface area (Å²) in [5, 5.41) is 4.90. The first-order chi connectivity index (χ1) is 13.0. The maximum absolute atomic E-state index is 13.1. The van der Waals surface area contributed by atoms with Crippen LogP contribution in [-0.4, -0.2) is 33.9 Å². The summed E-state index contributed by atoms with van der Waals surface area (Å²) in [7, 11) is 0. The summed E-state index contributed by atoms with van der Waals surface area (Å²) in [6.07, 6.45) is 3.73. The molecule has 2 aromatic heterocycles. The predicted molar refractivity (Wildman–Crippen MR) is 109 cm³/mol. The van der Waals surface area contributed by atoms with Crippen LogP contribution in [0.25, 0.3) is 11.0 Å². The summed E-state index contributed by atoms with van der Waals surface area (Å²) in [4.78, 5) is 24.0. The van der Waals surface area contributed by atoms with Crippen molar-refractivity contribution in [3.63, 3.8) is 0 Å². The van der Waals surface area contributed by atoms with Crippen LogP contribution in [0.2, 0.25) is 5.02 Å². The lowest BCUT2D eigenvalue weighted by Gasteiger charge is -2.20. The van der Waals surface area contributed by atoms with E-state index in [4.69, 9.17) is 11.6 Å². The van der Waals surface area contributed by atoms with Crippen LogP contribution in [0.1, 0.15) is 34.5 Å². The van der Waals surface area contributed by atoms with E-state index in [1.807, 2.05) is 49.1 Å². The molecule has 0 atom stereocenters. The van der Waals surface area contributed by atoms with Crippen molar-refractivity contribution >= 4 is 39.9 Å². The molecule has 1 aliphatic heterocycles. The fourth-order valence-electron chi connectivity index (χ4n) is 3.42. The number of aromatic nitrogens is 2. The van der Waals surface area contributed by atoms with Gasteiger partial charge in [-0.05, 0) is 56.5 Å². The third-order valence-corrected chi connectivity index (χ3v) is 5.19. The Morgan fingerprint density at radius 1 is 1.15 bits per heavy atom.